The van der Waals surface area contributed by atoms with Crippen LogP contribution in [0.4, 0.5) is 17.1 Å². The van der Waals surface area contributed by atoms with E-state index in [1.165, 1.54) is 11.4 Å². The quantitative estimate of drug-likeness (QED) is 0.847. The van der Waals surface area contributed by atoms with Crippen molar-refractivity contribution in [3.8, 4) is 0 Å². The van der Waals surface area contributed by atoms with Crippen molar-refractivity contribution in [2.75, 3.05) is 35.7 Å². The van der Waals surface area contributed by atoms with Crippen LogP contribution in [0.5, 0.6) is 0 Å². The SMILES string of the molecule is CN1CCN(Cc2cc(Cl)c(N)c(Cl)c2)c2ccccc21. The van der Waals surface area contributed by atoms with E-state index in [4.69, 9.17) is 28.9 Å². The number of hydrogen-bond donors (Lipinski definition) is 1. The van der Waals surface area contributed by atoms with Gasteiger partial charge < -0.3 is 15.5 Å². The molecular formula is C16H17Cl2N3. The van der Waals surface area contributed by atoms with E-state index >= 15 is 0 Å². The molecule has 0 aromatic heterocycles. The second-order valence-electron chi connectivity index (χ2n) is 5.30. The van der Waals surface area contributed by atoms with Gasteiger partial charge in [-0.1, -0.05) is 35.3 Å². The number of fused-ring (bicyclic) bond motifs is 1. The van der Waals surface area contributed by atoms with Crippen molar-refractivity contribution in [3.63, 3.8) is 0 Å². The first-order valence-electron chi connectivity index (χ1n) is 6.85. The lowest BCUT2D eigenvalue weighted by molar-refractivity contribution is 0.735. The summed E-state index contributed by atoms with van der Waals surface area (Å²) in [7, 11) is 2.12. The minimum atomic E-state index is 0.445. The Morgan fingerprint density at radius 2 is 1.67 bits per heavy atom. The molecule has 2 N–H and O–H groups in total. The summed E-state index contributed by atoms with van der Waals surface area (Å²) in [6, 6.07) is 12.2. The zero-order valence-corrected chi connectivity index (χ0v) is 13.3. The van der Waals surface area contributed by atoms with Crippen LogP contribution in [0.3, 0.4) is 0 Å². The largest absolute Gasteiger partial charge is 0.396 e. The molecule has 1 aliphatic heterocycles. The number of nitrogens with zero attached hydrogens (tertiary/aromatic N) is 2. The van der Waals surface area contributed by atoms with Gasteiger partial charge in [-0.25, -0.2) is 0 Å². The Hall–Kier alpha value is -1.58. The van der Waals surface area contributed by atoms with Gasteiger partial charge in [0.05, 0.1) is 27.1 Å². The summed E-state index contributed by atoms with van der Waals surface area (Å²) in [6.45, 7) is 2.73. The van der Waals surface area contributed by atoms with Crippen LogP contribution in [-0.2, 0) is 6.54 Å². The molecule has 0 saturated heterocycles. The van der Waals surface area contributed by atoms with E-state index in [1.54, 1.807) is 0 Å². The van der Waals surface area contributed by atoms with E-state index in [0.29, 0.717) is 15.7 Å². The molecule has 2 aromatic carbocycles. The maximum Gasteiger partial charge on any atom is 0.0693 e. The number of nitrogen functional groups attached to an aromatic ring is 1. The second-order valence-corrected chi connectivity index (χ2v) is 6.12. The van der Waals surface area contributed by atoms with Gasteiger partial charge in [-0.3, -0.25) is 0 Å². The highest BCUT2D eigenvalue weighted by atomic mass is 35.5. The number of nitrogens with two attached hydrogens (primary N) is 1. The van der Waals surface area contributed by atoms with Crippen molar-refractivity contribution in [1.29, 1.82) is 0 Å². The van der Waals surface area contributed by atoms with Crippen LogP contribution in [0.1, 0.15) is 5.56 Å². The summed E-state index contributed by atoms with van der Waals surface area (Å²) in [5.74, 6) is 0. The predicted octanol–water partition coefficient (Wildman–Crippen LogP) is 4.03. The number of benzene rings is 2. The number of para-hydroxylation sites is 2. The third-order valence-corrected chi connectivity index (χ3v) is 4.48. The fourth-order valence-electron chi connectivity index (χ4n) is 2.68. The molecule has 3 nitrogen and oxygen atoms in total. The maximum absolute atomic E-state index is 6.12. The first kappa shape index (κ1) is 14.4. The molecule has 0 radical (unpaired) electrons. The Kier molecular flexibility index (Phi) is 3.87. The summed E-state index contributed by atoms with van der Waals surface area (Å²) in [5, 5.41) is 1.03. The van der Waals surface area contributed by atoms with Crippen LogP contribution in [-0.4, -0.2) is 20.1 Å². The smallest absolute Gasteiger partial charge is 0.0693 e. The molecule has 0 amide bonds. The van der Waals surface area contributed by atoms with Gasteiger partial charge in [-0.2, -0.15) is 0 Å². The van der Waals surface area contributed by atoms with Crippen molar-refractivity contribution in [2.24, 2.45) is 0 Å². The van der Waals surface area contributed by atoms with Gasteiger partial charge in [0, 0.05) is 26.7 Å². The van der Waals surface area contributed by atoms with Crippen molar-refractivity contribution in [2.45, 2.75) is 6.54 Å². The summed E-state index contributed by atoms with van der Waals surface area (Å²) in [5.41, 5.74) is 9.79. The van der Waals surface area contributed by atoms with Gasteiger partial charge in [-0.15, -0.1) is 0 Å². The Morgan fingerprint density at radius 1 is 1.05 bits per heavy atom. The van der Waals surface area contributed by atoms with Gasteiger partial charge in [0.1, 0.15) is 0 Å². The average Bonchev–Trinajstić information content (AvgIpc) is 2.48. The standard InChI is InChI=1S/C16H17Cl2N3/c1-20-6-7-21(15-5-3-2-4-14(15)20)10-11-8-12(17)16(19)13(18)9-11/h2-5,8-9H,6-7,10,19H2,1H3. The highest BCUT2D eigenvalue weighted by Gasteiger charge is 2.20. The van der Waals surface area contributed by atoms with Crippen LogP contribution in [0.15, 0.2) is 36.4 Å². The Labute approximate surface area is 134 Å². The van der Waals surface area contributed by atoms with Gasteiger partial charge in [0.2, 0.25) is 0 Å². The van der Waals surface area contributed by atoms with Crippen LogP contribution >= 0.6 is 23.2 Å². The number of likely N-dealkylation sites (N-methyl/N-ethyl adjacent to an activating group) is 1. The highest BCUT2D eigenvalue weighted by Crippen LogP contribution is 2.34. The summed E-state index contributed by atoms with van der Waals surface area (Å²) in [4.78, 5) is 4.61. The molecule has 5 heteroatoms. The lowest BCUT2D eigenvalue weighted by Crippen LogP contribution is -2.38. The third kappa shape index (κ3) is 2.76. The van der Waals surface area contributed by atoms with Crippen molar-refractivity contribution in [1.82, 2.24) is 0 Å². The van der Waals surface area contributed by atoms with Gasteiger partial charge in [-0.05, 0) is 29.8 Å². The van der Waals surface area contributed by atoms with Gasteiger partial charge >= 0.3 is 0 Å². The Bertz CT molecular complexity index is 649. The van der Waals surface area contributed by atoms with E-state index in [-0.39, 0.29) is 0 Å². The summed E-state index contributed by atoms with van der Waals surface area (Å²) >= 11 is 12.2. The first-order valence-corrected chi connectivity index (χ1v) is 7.60. The zero-order chi connectivity index (χ0) is 15.0. The second kappa shape index (κ2) is 5.66. The lowest BCUT2D eigenvalue weighted by Gasteiger charge is -2.37. The zero-order valence-electron chi connectivity index (χ0n) is 11.8. The van der Waals surface area contributed by atoms with E-state index < -0.39 is 0 Å². The molecule has 2 aromatic rings. The fraction of sp³-hybridized carbons (Fsp3) is 0.250. The average molecular weight is 322 g/mol. The Balaban J connectivity index is 1.91. The van der Waals surface area contributed by atoms with Crippen LogP contribution in [0.2, 0.25) is 10.0 Å². The van der Waals surface area contributed by atoms with Crippen LogP contribution in [0, 0.1) is 0 Å². The number of rotatable bonds is 2. The molecule has 0 atom stereocenters. The minimum Gasteiger partial charge on any atom is -0.396 e. The molecule has 0 aliphatic carbocycles. The number of hydrogen-bond acceptors (Lipinski definition) is 3. The molecule has 0 saturated carbocycles. The van der Waals surface area contributed by atoms with Gasteiger partial charge in [0.15, 0.2) is 0 Å². The number of anilines is 3. The van der Waals surface area contributed by atoms with E-state index in [0.717, 1.165) is 25.2 Å². The van der Waals surface area contributed by atoms with E-state index in [9.17, 15) is 0 Å². The normalized spacial score (nSPS) is 14.2. The molecule has 0 spiro atoms. The molecule has 3 rings (SSSR count). The molecule has 0 bridgehead atoms. The van der Waals surface area contributed by atoms with Crippen molar-refractivity contribution >= 4 is 40.3 Å². The molecule has 21 heavy (non-hydrogen) atoms. The van der Waals surface area contributed by atoms with Crippen LogP contribution in [0.25, 0.3) is 0 Å². The monoisotopic (exact) mass is 321 g/mol. The predicted molar refractivity (Wildman–Crippen MR) is 91.6 cm³/mol. The lowest BCUT2D eigenvalue weighted by atomic mass is 10.1. The van der Waals surface area contributed by atoms with Crippen molar-refractivity contribution in [3.05, 3.63) is 52.0 Å². The third-order valence-electron chi connectivity index (χ3n) is 3.85. The van der Waals surface area contributed by atoms with Crippen LogP contribution < -0.4 is 15.5 Å². The molecule has 0 unspecified atom stereocenters. The van der Waals surface area contributed by atoms with E-state index in [1.807, 2.05) is 12.1 Å². The molecule has 1 aliphatic rings. The van der Waals surface area contributed by atoms with Gasteiger partial charge in [0.25, 0.3) is 0 Å². The Morgan fingerprint density at radius 3 is 2.33 bits per heavy atom. The first-order chi connectivity index (χ1) is 10.1. The van der Waals surface area contributed by atoms with E-state index in [2.05, 4.69) is 41.1 Å². The topological polar surface area (TPSA) is 32.5 Å². The maximum atomic E-state index is 6.12. The summed E-state index contributed by atoms with van der Waals surface area (Å²) in [6.07, 6.45) is 0. The van der Waals surface area contributed by atoms with Crippen molar-refractivity contribution < 1.29 is 0 Å². The summed E-state index contributed by atoms with van der Waals surface area (Å²) < 4.78 is 0. The highest BCUT2D eigenvalue weighted by molar-refractivity contribution is 6.38. The molecule has 0 fully saturated rings. The molecule has 1 heterocycles. The molecular weight excluding hydrogens is 305 g/mol. The number of halogens is 2. The molecule has 110 valence electrons. The fourth-order valence-corrected chi connectivity index (χ4v) is 3.21. The minimum absolute atomic E-state index is 0.445.